The number of rotatable bonds is 3. The second kappa shape index (κ2) is 6.21. The molecule has 4 nitrogen and oxygen atoms in total. The van der Waals surface area contributed by atoms with E-state index in [2.05, 4.69) is 0 Å². The third kappa shape index (κ3) is 3.65. The first-order chi connectivity index (χ1) is 10.6. The van der Waals surface area contributed by atoms with E-state index in [1.807, 2.05) is 0 Å². The molecule has 0 radical (unpaired) electrons. The molecule has 2 aromatic rings. The van der Waals surface area contributed by atoms with Crippen molar-refractivity contribution in [1.29, 1.82) is 0 Å². The Morgan fingerprint density at radius 2 is 1.83 bits per heavy atom. The van der Waals surface area contributed by atoms with Crippen LogP contribution in [0.5, 0.6) is 11.5 Å². The molecule has 2 rings (SSSR count). The third-order valence-electron chi connectivity index (χ3n) is 2.67. The van der Waals surface area contributed by atoms with Crippen molar-refractivity contribution in [3.05, 3.63) is 61.9 Å². The number of ether oxygens (including phenoxy) is 1. The first-order valence-electron chi connectivity index (χ1n) is 5.78. The molecule has 0 spiro atoms. The van der Waals surface area contributed by atoms with Gasteiger partial charge in [0.25, 0.3) is 0 Å². The maximum atomic E-state index is 13.3. The van der Waals surface area contributed by atoms with Crippen LogP contribution in [0.15, 0.2) is 30.3 Å². The van der Waals surface area contributed by atoms with Crippen molar-refractivity contribution in [2.75, 3.05) is 0 Å². The fourth-order valence-electron chi connectivity index (χ4n) is 1.72. The van der Waals surface area contributed by atoms with Gasteiger partial charge in [0.05, 0.1) is 9.95 Å². The number of nitro benzene ring substituents is 1. The molecule has 0 N–H and O–H groups in total. The van der Waals surface area contributed by atoms with Crippen LogP contribution in [-0.4, -0.2) is 4.92 Å². The smallest absolute Gasteiger partial charge is 0.420 e. The number of benzene rings is 2. The predicted octanol–water partition coefficient (Wildman–Crippen LogP) is 5.85. The molecule has 0 atom stereocenters. The van der Waals surface area contributed by atoms with E-state index in [0.29, 0.717) is 12.1 Å². The zero-order chi connectivity index (χ0) is 17.4. The van der Waals surface area contributed by atoms with Gasteiger partial charge in [0, 0.05) is 12.1 Å². The molecule has 0 aliphatic rings. The van der Waals surface area contributed by atoms with Gasteiger partial charge in [-0.15, -0.1) is 0 Å². The van der Waals surface area contributed by atoms with Crippen molar-refractivity contribution in [3.8, 4) is 11.5 Å². The van der Waals surface area contributed by atoms with Crippen molar-refractivity contribution in [3.63, 3.8) is 0 Å². The first-order valence-corrected chi connectivity index (χ1v) is 6.54. The highest BCUT2D eigenvalue weighted by Crippen LogP contribution is 2.45. The normalized spacial score (nSPS) is 11.4. The lowest BCUT2D eigenvalue weighted by Crippen LogP contribution is -2.09. The molecule has 2 aromatic carbocycles. The topological polar surface area (TPSA) is 52.4 Å². The number of para-hydroxylation sites is 1. The lowest BCUT2D eigenvalue weighted by molar-refractivity contribution is -0.385. The number of nitro groups is 1. The summed E-state index contributed by atoms with van der Waals surface area (Å²) in [5, 5.41) is 10.2. The number of hydrogen-bond acceptors (Lipinski definition) is 3. The van der Waals surface area contributed by atoms with Crippen LogP contribution < -0.4 is 4.74 Å². The highest BCUT2D eigenvalue weighted by Gasteiger charge is 2.38. The lowest BCUT2D eigenvalue weighted by atomic mass is 10.1. The van der Waals surface area contributed by atoms with Gasteiger partial charge >= 0.3 is 11.9 Å². The Kier molecular flexibility index (Phi) is 4.67. The van der Waals surface area contributed by atoms with Gasteiger partial charge in [-0.2, -0.15) is 13.2 Å². The average molecular weight is 370 g/mol. The Bertz CT molecular complexity index is 781. The van der Waals surface area contributed by atoms with E-state index in [1.54, 1.807) is 0 Å². The Morgan fingerprint density at radius 1 is 1.17 bits per heavy atom. The molecule has 0 aliphatic carbocycles. The van der Waals surface area contributed by atoms with Crippen molar-refractivity contribution in [2.24, 2.45) is 0 Å². The second-order valence-corrected chi connectivity index (χ2v) is 5.00. The SMILES string of the molecule is O=[N+]([O-])c1cccc(C(F)(F)F)c1Oc1cc(F)cc(Cl)c1Cl. The molecule has 0 aromatic heterocycles. The molecule has 0 heterocycles. The monoisotopic (exact) mass is 369 g/mol. The van der Waals surface area contributed by atoms with Gasteiger partial charge in [-0.05, 0) is 12.1 Å². The number of alkyl halides is 3. The van der Waals surface area contributed by atoms with Crippen LogP contribution in [0.4, 0.5) is 23.2 Å². The largest absolute Gasteiger partial charge is 0.448 e. The molecular weight excluding hydrogens is 365 g/mol. The first kappa shape index (κ1) is 17.3. The number of halogens is 6. The minimum absolute atomic E-state index is 0.311. The Labute approximate surface area is 136 Å². The standard InChI is InChI=1S/C13H5Cl2F4NO3/c14-8-4-6(16)5-10(11(8)15)23-12-7(13(17,18)19)2-1-3-9(12)20(21)22/h1-5H. The van der Waals surface area contributed by atoms with Gasteiger partial charge < -0.3 is 4.74 Å². The summed E-state index contributed by atoms with van der Waals surface area (Å²) in [7, 11) is 0. The zero-order valence-electron chi connectivity index (χ0n) is 10.8. The summed E-state index contributed by atoms with van der Waals surface area (Å²) in [6.45, 7) is 0. The summed E-state index contributed by atoms with van der Waals surface area (Å²) < 4.78 is 57.3. The molecule has 0 fully saturated rings. The van der Waals surface area contributed by atoms with Crippen LogP contribution in [0.25, 0.3) is 0 Å². The summed E-state index contributed by atoms with van der Waals surface area (Å²) in [6.07, 6.45) is -4.93. The summed E-state index contributed by atoms with van der Waals surface area (Å²) >= 11 is 11.3. The van der Waals surface area contributed by atoms with Crippen LogP contribution in [0.1, 0.15) is 5.56 Å². The van der Waals surface area contributed by atoms with Crippen LogP contribution in [0.2, 0.25) is 10.0 Å². The maximum Gasteiger partial charge on any atom is 0.420 e. The van der Waals surface area contributed by atoms with Crippen molar-refractivity contribution in [1.82, 2.24) is 0 Å². The van der Waals surface area contributed by atoms with Gasteiger partial charge in [0.1, 0.15) is 16.4 Å². The van der Waals surface area contributed by atoms with Crippen molar-refractivity contribution in [2.45, 2.75) is 6.18 Å². The third-order valence-corrected chi connectivity index (χ3v) is 3.45. The molecule has 0 unspecified atom stereocenters. The maximum absolute atomic E-state index is 13.3. The zero-order valence-corrected chi connectivity index (χ0v) is 12.3. The Balaban J connectivity index is 2.65. The van der Waals surface area contributed by atoms with Crippen LogP contribution in [-0.2, 0) is 6.18 Å². The summed E-state index contributed by atoms with van der Waals surface area (Å²) in [6, 6.07) is 3.76. The van der Waals surface area contributed by atoms with E-state index >= 15 is 0 Å². The summed E-state index contributed by atoms with van der Waals surface area (Å²) in [5.41, 5.74) is -2.35. The van der Waals surface area contributed by atoms with Crippen LogP contribution in [0, 0.1) is 15.9 Å². The minimum Gasteiger partial charge on any atom is -0.448 e. The quantitative estimate of drug-likeness (QED) is 0.295. The molecule has 0 aliphatic heterocycles. The predicted molar refractivity (Wildman–Crippen MR) is 74.6 cm³/mol. The molecule has 122 valence electrons. The number of nitrogens with zero attached hydrogens (tertiary/aromatic N) is 1. The van der Waals surface area contributed by atoms with E-state index in [0.717, 1.165) is 18.2 Å². The Morgan fingerprint density at radius 3 is 2.39 bits per heavy atom. The molecular formula is C13H5Cl2F4NO3. The second-order valence-electron chi connectivity index (χ2n) is 4.21. The highest BCUT2D eigenvalue weighted by atomic mass is 35.5. The van der Waals surface area contributed by atoms with Gasteiger partial charge in [-0.25, -0.2) is 4.39 Å². The van der Waals surface area contributed by atoms with Gasteiger partial charge in [-0.3, -0.25) is 10.1 Å². The Hall–Kier alpha value is -2.06. The van der Waals surface area contributed by atoms with Gasteiger partial charge in [0.2, 0.25) is 5.75 Å². The molecule has 0 amide bonds. The molecule has 10 heteroatoms. The van der Waals surface area contributed by atoms with E-state index in [9.17, 15) is 27.7 Å². The van der Waals surface area contributed by atoms with E-state index in [1.165, 1.54) is 0 Å². The lowest BCUT2D eigenvalue weighted by Gasteiger charge is -2.14. The van der Waals surface area contributed by atoms with Gasteiger partial charge in [0.15, 0.2) is 5.75 Å². The average Bonchev–Trinajstić information content (AvgIpc) is 2.43. The molecule has 0 bridgehead atoms. The highest BCUT2D eigenvalue weighted by molar-refractivity contribution is 6.42. The van der Waals surface area contributed by atoms with Crippen LogP contribution in [0.3, 0.4) is 0 Å². The number of hydrogen-bond donors (Lipinski definition) is 0. The molecule has 0 saturated heterocycles. The minimum atomic E-state index is -4.93. The summed E-state index contributed by atoms with van der Waals surface area (Å²) in [4.78, 5) is 9.88. The fourth-order valence-corrected chi connectivity index (χ4v) is 2.06. The fraction of sp³-hybridized carbons (Fsp3) is 0.0769. The van der Waals surface area contributed by atoms with E-state index < -0.39 is 39.7 Å². The van der Waals surface area contributed by atoms with Crippen molar-refractivity contribution >= 4 is 28.9 Å². The van der Waals surface area contributed by atoms with Gasteiger partial charge in [-0.1, -0.05) is 29.3 Å². The van der Waals surface area contributed by atoms with E-state index in [4.69, 9.17) is 27.9 Å². The van der Waals surface area contributed by atoms with Crippen molar-refractivity contribution < 1.29 is 27.2 Å². The molecule has 0 saturated carbocycles. The summed E-state index contributed by atoms with van der Waals surface area (Å²) in [5.74, 6) is -2.61. The van der Waals surface area contributed by atoms with E-state index in [-0.39, 0.29) is 10.0 Å². The molecule has 23 heavy (non-hydrogen) atoms. The van der Waals surface area contributed by atoms with Crippen LogP contribution >= 0.6 is 23.2 Å².